The first-order valence-corrected chi connectivity index (χ1v) is 9.94. The highest BCUT2D eigenvalue weighted by Gasteiger charge is 2.52. The summed E-state index contributed by atoms with van der Waals surface area (Å²) in [6.45, 7) is 1.58. The number of carbonyl (C=O) groups is 3. The van der Waals surface area contributed by atoms with Crippen LogP contribution in [-0.2, 0) is 22.4 Å². The van der Waals surface area contributed by atoms with Crippen LogP contribution in [0.1, 0.15) is 23.1 Å². The Morgan fingerprint density at radius 1 is 1.21 bits per heavy atom. The van der Waals surface area contributed by atoms with E-state index in [2.05, 4.69) is 32.6 Å². The molecule has 6 nitrogen and oxygen atoms in total. The van der Waals surface area contributed by atoms with E-state index in [1.165, 1.54) is 5.56 Å². The van der Waals surface area contributed by atoms with Crippen LogP contribution in [0.2, 0.25) is 0 Å². The predicted molar refractivity (Wildman–Crippen MR) is 109 cm³/mol. The van der Waals surface area contributed by atoms with E-state index in [-0.39, 0.29) is 12.5 Å². The summed E-state index contributed by atoms with van der Waals surface area (Å²) in [4.78, 5) is 39.0. The Kier molecular flexibility index (Phi) is 4.71. The van der Waals surface area contributed by atoms with Crippen molar-refractivity contribution in [1.29, 1.82) is 0 Å². The van der Waals surface area contributed by atoms with Crippen LogP contribution in [0.25, 0.3) is 0 Å². The van der Waals surface area contributed by atoms with Crippen molar-refractivity contribution in [2.45, 2.75) is 31.7 Å². The first-order chi connectivity index (χ1) is 13.4. The molecule has 1 saturated heterocycles. The highest BCUT2D eigenvalue weighted by atomic mass is 79.9. The second-order valence-corrected chi connectivity index (χ2v) is 8.27. The molecule has 1 aliphatic carbocycles. The molecule has 2 aromatic rings. The molecule has 0 bridgehead atoms. The van der Waals surface area contributed by atoms with E-state index >= 15 is 0 Å². The van der Waals surface area contributed by atoms with E-state index in [1.807, 2.05) is 37.3 Å². The zero-order valence-electron chi connectivity index (χ0n) is 15.4. The summed E-state index contributed by atoms with van der Waals surface area (Å²) in [5.74, 6) is -0.725. The third-order valence-corrected chi connectivity index (χ3v) is 5.94. The van der Waals surface area contributed by atoms with Gasteiger partial charge in [-0.3, -0.25) is 14.5 Å². The third kappa shape index (κ3) is 3.30. The predicted octanol–water partition coefficient (Wildman–Crippen LogP) is 3.18. The van der Waals surface area contributed by atoms with Crippen molar-refractivity contribution in [3.8, 4) is 0 Å². The highest BCUT2D eigenvalue weighted by molar-refractivity contribution is 9.10. The maximum absolute atomic E-state index is 13.1. The van der Waals surface area contributed by atoms with E-state index in [0.29, 0.717) is 18.5 Å². The van der Waals surface area contributed by atoms with Gasteiger partial charge in [-0.2, -0.15) is 0 Å². The van der Waals surface area contributed by atoms with E-state index in [1.54, 1.807) is 6.07 Å². The van der Waals surface area contributed by atoms with Crippen LogP contribution in [0.15, 0.2) is 46.9 Å². The van der Waals surface area contributed by atoms with Crippen molar-refractivity contribution in [1.82, 2.24) is 10.2 Å². The van der Waals surface area contributed by atoms with Crippen LogP contribution in [0, 0.1) is 6.92 Å². The number of amides is 4. The van der Waals surface area contributed by atoms with Gasteiger partial charge in [0.15, 0.2) is 0 Å². The summed E-state index contributed by atoms with van der Waals surface area (Å²) in [7, 11) is 0. The van der Waals surface area contributed by atoms with Gasteiger partial charge in [-0.05, 0) is 54.7 Å². The lowest BCUT2D eigenvalue weighted by atomic mass is 9.78. The summed E-state index contributed by atoms with van der Waals surface area (Å²) < 4.78 is 0.914. The Morgan fingerprint density at radius 2 is 1.96 bits per heavy atom. The lowest BCUT2D eigenvalue weighted by Crippen LogP contribution is -2.51. The molecule has 1 unspecified atom stereocenters. The first-order valence-electron chi connectivity index (χ1n) is 9.15. The van der Waals surface area contributed by atoms with Gasteiger partial charge in [0.2, 0.25) is 5.91 Å². The molecular weight excluding hydrogens is 422 g/mol. The molecule has 0 saturated carbocycles. The van der Waals surface area contributed by atoms with Crippen LogP contribution < -0.4 is 10.6 Å². The number of aryl methyl sites for hydroxylation is 2. The van der Waals surface area contributed by atoms with Gasteiger partial charge in [-0.15, -0.1) is 0 Å². The summed E-state index contributed by atoms with van der Waals surface area (Å²) in [5, 5.41) is 5.63. The summed E-state index contributed by atoms with van der Waals surface area (Å²) in [6.07, 6.45) is 1.72. The summed E-state index contributed by atoms with van der Waals surface area (Å²) in [6, 6.07) is 12.9. The quantitative estimate of drug-likeness (QED) is 0.717. The maximum atomic E-state index is 13.1. The number of nitrogens with zero attached hydrogens (tertiary/aromatic N) is 1. The molecule has 4 rings (SSSR count). The molecule has 2 aromatic carbocycles. The molecule has 4 amide bonds. The second kappa shape index (κ2) is 7.05. The van der Waals surface area contributed by atoms with Gasteiger partial charge in [0, 0.05) is 16.6 Å². The zero-order chi connectivity index (χ0) is 19.9. The molecule has 28 heavy (non-hydrogen) atoms. The highest BCUT2D eigenvalue weighted by Crippen LogP contribution is 2.33. The largest absolute Gasteiger partial charge is 0.325 e. The molecule has 0 radical (unpaired) electrons. The third-order valence-electron chi connectivity index (χ3n) is 5.44. The lowest BCUT2D eigenvalue weighted by Gasteiger charge is -2.32. The number of hydrogen-bond donors (Lipinski definition) is 2. The number of fused-ring (bicyclic) bond motifs is 1. The number of anilines is 1. The van der Waals surface area contributed by atoms with Gasteiger partial charge in [0.25, 0.3) is 5.91 Å². The number of rotatable bonds is 3. The number of imide groups is 1. The average Bonchev–Trinajstić information content (AvgIpc) is 2.88. The van der Waals surface area contributed by atoms with Gasteiger partial charge in [0.1, 0.15) is 12.1 Å². The zero-order valence-corrected chi connectivity index (χ0v) is 17.0. The molecule has 1 aliphatic heterocycles. The second-order valence-electron chi connectivity index (χ2n) is 7.36. The van der Waals surface area contributed by atoms with Crippen LogP contribution in [0.3, 0.4) is 0 Å². The van der Waals surface area contributed by atoms with E-state index in [4.69, 9.17) is 0 Å². The van der Waals surface area contributed by atoms with Gasteiger partial charge in [0.05, 0.1) is 0 Å². The van der Waals surface area contributed by atoms with Crippen molar-refractivity contribution in [2.24, 2.45) is 0 Å². The molecule has 2 aliphatic rings. The Hall–Kier alpha value is -2.67. The van der Waals surface area contributed by atoms with E-state index < -0.39 is 17.5 Å². The van der Waals surface area contributed by atoms with Crippen LogP contribution >= 0.6 is 15.9 Å². The average molecular weight is 442 g/mol. The number of urea groups is 1. The van der Waals surface area contributed by atoms with Crippen molar-refractivity contribution in [3.63, 3.8) is 0 Å². The number of nitrogens with one attached hydrogen (secondary N) is 2. The SMILES string of the molecule is Cc1cc(Br)ccc1NC(=O)CN1C(=O)NC2(CCc3ccccc3C2)C1=O. The molecule has 1 heterocycles. The number of carbonyl (C=O) groups excluding carboxylic acids is 3. The van der Waals surface area contributed by atoms with Gasteiger partial charge in [-0.1, -0.05) is 40.2 Å². The smallest absolute Gasteiger partial charge is 0.324 e. The van der Waals surface area contributed by atoms with Crippen molar-refractivity contribution in [3.05, 3.63) is 63.6 Å². The lowest BCUT2D eigenvalue weighted by molar-refractivity contribution is -0.134. The normalized spacial score (nSPS) is 20.9. The molecule has 1 fully saturated rings. The first kappa shape index (κ1) is 18.7. The van der Waals surface area contributed by atoms with E-state index in [9.17, 15) is 14.4 Å². The summed E-state index contributed by atoms with van der Waals surface area (Å²) >= 11 is 3.38. The van der Waals surface area contributed by atoms with Gasteiger partial charge < -0.3 is 10.6 Å². The monoisotopic (exact) mass is 441 g/mol. The van der Waals surface area contributed by atoms with Crippen molar-refractivity contribution >= 4 is 39.5 Å². The van der Waals surface area contributed by atoms with Crippen LogP contribution in [0.4, 0.5) is 10.5 Å². The minimum Gasteiger partial charge on any atom is -0.324 e. The van der Waals surface area contributed by atoms with Crippen LogP contribution in [-0.4, -0.2) is 34.8 Å². The Labute approximate surface area is 171 Å². The molecular formula is C21H20BrN3O3. The number of benzene rings is 2. The minimum absolute atomic E-state index is 0.302. The Balaban J connectivity index is 1.48. The fourth-order valence-corrected chi connectivity index (χ4v) is 4.42. The molecule has 1 atom stereocenters. The van der Waals surface area contributed by atoms with E-state index in [0.717, 1.165) is 26.9 Å². The number of hydrogen-bond acceptors (Lipinski definition) is 3. The topological polar surface area (TPSA) is 78.5 Å². The molecule has 1 spiro atoms. The van der Waals surface area contributed by atoms with Crippen molar-refractivity contribution in [2.75, 3.05) is 11.9 Å². The minimum atomic E-state index is -0.945. The molecule has 2 N–H and O–H groups in total. The van der Waals surface area contributed by atoms with Crippen LogP contribution in [0.5, 0.6) is 0 Å². The number of halogens is 1. The maximum Gasteiger partial charge on any atom is 0.325 e. The van der Waals surface area contributed by atoms with Gasteiger partial charge >= 0.3 is 6.03 Å². The van der Waals surface area contributed by atoms with Crippen molar-refractivity contribution < 1.29 is 14.4 Å². The Morgan fingerprint density at radius 3 is 2.71 bits per heavy atom. The molecule has 7 heteroatoms. The Bertz CT molecular complexity index is 991. The fraction of sp³-hybridized carbons (Fsp3) is 0.286. The van der Waals surface area contributed by atoms with Gasteiger partial charge in [-0.25, -0.2) is 4.79 Å². The molecule has 0 aromatic heterocycles. The summed E-state index contributed by atoms with van der Waals surface area (Å²) in [5.41, 5.74) is 2.87. The fourth-order valence-electron chi connectivity index (χ4n) is 3.95. The standard InChI is InChI=1S/C21H20BrN3O3/c1-13-10-16(22)6-7-17(13)23-18(26)12-25-19(27)21(24-20(25)28)9-8-14-4-2-3-5-15(14)11-21/h2-7,10H,8-9,11-12H2,1H3,(H,23,26)(H,24,28). The molecule has 144 valence electrons.